The van der Waals surface area contributed by atoms with E-state index in [1.54, 1.807) is 4.90 Å². The number of nitrogens with two attached hydrogens (primary N) is 3. The third-order valence-corrected chi connectivity index (χ3v) is 7.46. The van der Waals surface area contributed by atoms with E-state index in [-0.39, 0.29) is 30.4 Å². The normalized spacial score (nSPS) is 19.9. The monoisotopic (exact) mass is 517 g/mol. The Morgan fingerprint density at radius 1 is 0.811 bits per heavy atom. The van der Waals surface area contributed by atoms with Gasteiger partial charge in [-0.3, -0.25) is 24.2 Å². The molecule has 11 heteroatoms. The number of aliphatic hydroxyl groups excluding tert-OH is 1. The number of hydrogen-bond donors (Lipinski definition) is 4. The Labute approximate surface area is 219 Å². The number of amides is 3. The topological polar surface area (TPSA) is 162 Å². The lowest BCUT2D eigenvalue weighted by atomic mass is 10.0. The molecule has 2 heterocycles. The standard InChI is InChI=1S/C26H43N7O4/c27-9-5-4-8-22(30-10-14-32(15-11-30)25(36)21(28)19-34)26(37)33-16-12-31(13-17-33)23(24(29)35)18-20-6-2-1-3-7-20/h1-3,6-7,21-23,34H,4-5,8-19,27-28H2,(H2,29,35)/t21-,22-,23-/m1/s1. The number of aliphatic hydroxyl groups is 1. The molecule has 0 aliphatic carbocycles. The van der Waals surface area contributed by atoms with Gasteiger partial charge in [-0.15, -0.1) is 0 Å². The number of rotatable bonds is 12. The van der Waals surface area contributed by atoms with Crippen molar-refractivity contribution in [2.24, 2.45) is 17.2 Å². The maximum absolute atomic E-state index is 13.7. The van der Waals surface area contributed by atoms with Gasteiger partial charge in [0.1, 0.15) is 6.04 Å². The van der Waals surface area contributed by atoms with Gasteiger partial charge in [0.25, 0.3) is 0 Å². The molecule has 37 heavy (non-hydrogen) atoms. The zero-order valence-corrected chi connectivity index (χ0v) is 21.7. The fraction of sp³-hybridized carbons (Fsp3) is 0.654. The van der Waals surface area contributed by atoms with Gasteiger partial charge in [-0.1, -0.05) is 36.8 Å². The molecule has 2 aliphatic heterocycles. The van der Waals surface area contributed by atoms with Crippen molar-refractivity contribution in [2.45, 2.75) is 43.8 Å². The summed E-state index contributed by atoms with van der Waals surface area (Å²) in [6.07, 6.45) is 2.95. The molecule has 7 N–H and O–H groups in total. The fourth-order valence-electron chi connectivity index (χ4n) is 5.22. The van der Waals surface area contributed by atoms with Crippen molar-refractivity contribution in [3.8, 4) is 0 Å². The lowest BCUT2D eigenvalue weighted by Gasteiger charge is -2.43. The van der Waals surface area contributed by atoms with E-state index in [4.69, 9.17) is 17.2 Å². The molecule has 1 aromatic rings. The highest BCUT2D eigenvalue weighted by Gasteiger charge is 2.36. The summed E-state index contributed by atoms with van der Waals surface area (Å²) in [7, 11) is 0. The minimum Gasteiger partial charge on any atom is -0.394 e. The van der Waals surface area contributed by atoms with E-state index in [9.17, 15) is 19.5 Å². The number of primary amides is 1. The smallest absolute Gasteiger partial charge is 0.241 e. The summed E-state index contributed by atoms with van der Waals surface area (Å²) in [5, 5.41) is 9.20. The predicted octanol–water partition coefficient (Wildman–Crippen LogP) is -1.81. The second-order valence-electron chi connectivity index (χ2n) is 9.92. The minimum absolute atomic E-state index is 0.0854. The Kier molecular flexibility index (Phi) is 11.3. The van der Waals surface area contributed by atoms with Crippen molar-refractivity contribution in [1.29, 1.82) is 0 Å². The van der Waals surface area contributed by atoms with E-state index in [2.05, 4.69) is 9.80 Å². The predicted molar refractivity (Wildman–Crippen MR) is 141 cm³/mol. The first-order valence-corrected chi connectivity index (χ1v) is 13.3. The van der Waals surface area contributed by atoms with Crippen LogP contribution in [0.1, 0.15) is 24.8 Å². The molecule has 2 aliphatic rings. The number of carbonyl (C=O) groups excluding carboxylic acids is 3. The highest BCUT2D eigenvalue weighted by Crippen LogP contribution is 2.18. The lowest BCUT2D eigenvalue weighted by molar-refractivity contribution is -0.142. The molecule has 0 bridgehead atoms. The van der Waals surface area contributed by atoms with Crippen LogP contribution in [0.25, 0.3) is 0 Å². The zero-order valence-electron chi connectivity index (χ0n) is 21.7. The first-order chi connectivity index (χ1) is 17.8. The largest absolute Gasteiger partial charge is 0.394 e. The molecule has 206 valence electrons. The highest BCUT2D eigenvalue weighted by molar-refractivity contribution is 5.83. The van der Waals surface area contributed by atoms with Gasteiger partial charge in [-0.05, 0) is 31.4 Å². The molecule has 0 aromatic heterocycles. The molecule has 3 rings (SSSR count). The van der Waals surface area contributed by atoms with Gasteiger partial charge in [0, 0.05) is 52.4 Å². The maximum Gasteiger partial charge on any atom is 0.241 e. The van der Waals surface area contributed by atoms with E-state index < -0.39 is 12.1 Å². The van der Waals surface area contributed by atoms with Crippen LogP contribution in [0.2, 0.25) is 0 Å². The number of unbranched alkanes of at least 4 members (excludes halogenated alkanes) is 1. The molecular formula is C26H43N7O4. The van der Waals surface area contributed by atoms with Gasteiger partial charge in [0.15, 0.2) is 0 Å². The van der Waals surface area contributed by atoms with Crippen molar-refractivity contribution in [2.75, 3.05) is 65.5 Å². The fourth-order valence-corrected chi connectivity index (χ4v) is 5.22. The van der Waals surface area contributed by atoms with E-state index in [1.807, 2.05) is 35.2 Å². The van der Waals surface area contributed by atoms with Gasteiger partial charge in [0.05, 0.1) is 18.7 Å². The van der Waals surface area contributed by atoms with Crippen molar-refractivity contribution >= 4 is 17.7 Å². The number of hydrogen-bond acceptors (Lipinski definition) is 8. The van der Waals surface area contributed by atoms with E-state index in [1.165, 1.54) is 0 Å². The van der Waals surface area contributed by atoms with Gasteiger partial charge < -0.3 is 32.1 Å². The van der Waals surface area contributed by atoms with Crippen LogP contribution in [0.5, 0.6) is 0 Å². The molecule has 1 aromatic carbocycles. The van der Waals surface area contributed by atoms with Crippen molar-refractivity contribution in [3.63, 3.8) is 0 Å². The van der Waals surface area contributed by atoms with E-state index in [0.717, 1.165) is 18.4 Å². The summed E-state index contributed by atoms with van der Waals surface area (Å²) < 4.78 is 0. The van der Waals surface area contributed by atoms with Crippen LogP contribution >= 0.6 is 0 Å². The average molecular weight is 518 g/mol. The molecule has 0 saturated carbocycles. The SMILES string of the molecule is NCCCC[C@H](C(=O)N1CCN([C@H](Cc2ccccc2)C(N)=O)CC1)N1CCN(C(=O)[C@H](N)CO)CC1. The van der Waals surface area contributed by atoms with Crippen LogP contribution in [-0.2, 0) is 20.8 Å². The van der Waals surface area contributed by atoms with Crippen molar-refractivity contribution in [3.05, 3.63) is 35.9 Å². The van der Waals surface area contributed by atoms with Crippen LogP contribution in [0.4, 0.5) is 0 Å². The summed E-state index contributed by atoms with van der Waals surface area (Å²) in [5.41, 5.74) is 18.2. The number of carbonyl (C=O) groups is 3. The Hall–Kier alpha value is -2.57. The van der Waals surface area contributed by atoms with Crippen LogP contribution in [0, 0.1) is 0 Å². The molecule has 0 unspecified atom stereocenters. The average Bonchev–Trinajstić information content (AvgIpc) is 2.93. The highest BCUT2D eigenvalue weighted by atomic mass is 16.3. The molecule has 3 amide bonds. The van der Waals surface area contributed by atoms with Gasteiger partial charge in [-0.25, -0.2) is 0 Å². The zero-order chi connectivity index (χ0) is 26.8. The van der Waals surface area contributed by atoms with Crippen LogP contribution < -0.4 is 17.2 Å². The quantitative estimate of drug-likeness (QED) is 0.236. The lowest BCUT2D eigenvalue weighted by Crippen LogP contribution is -2.61. The number of nitrogens with zero attached hydrogens (tertiary/aromatic N) is 4. The Balaban J connectivity index is 1.59. The van der Waals surface area contributed by atoms with Crippen LogP contribution in [0.15, 0.2) is 30.3 Å². The first kappa shape index (κ1) is 29.0. The minimum atomic E-state index is -0.907. The van der Waals surface area contributed by atoms with Gasteiger partial charge >= 0.3 is 0 Å². The van der Waals surface area contributed by atoms with Gasteiger partial charge in [-0.2, -0.15) is 0 Å². The first-order valence-electron chi connectivity index (χ1n) is 13.3. The maximum atomic E-state index is 13.7. The summed E-state index contributed by atoms with van der Waals surface area (Å²) in [5.74, 6) is -0.525. The summed E-state index contributed by atoms with van der Waals surface area (Å²) in [6, 6.07) is 8.24. The number of benzene rings is 1. The number of piperazine rings is 2. The molecular weight excluding hydrogens is 474 g/mol. The molecule has 11 nitrogen and oxygen atoms in total. The summed E-state index contributed by atoms with van der Waals surface area (Å²) >= 11 is 0. The summed E-state index contributed by atoms with van der Waals surface area (Å²) in [6.45, 7) is 4.54. The van der Waals surface area contributed by atoms with Crippen molar-refractivity contribution in [1.82, 2.24) is 19.6 Å². The molecule has 0 radical (unpaired) electrons. The second-order valence-corrected chi connectivity index (χ2v) is 9.92. The molecule has 2 saturated heterocycles. The third-order valence-electron chi connectivity index (χ3n) is 7.46. The molecule has 0 spiro atoms. The van der Waals surface area contributed by atoms with Crippen molar-refractivity contribution < 1.29 is 19.5 Å². The van der Waals surface area contributed by atoms with Crippen LogP contribution in [-0.4, -0.2) is 126 Å². The van der Waals surface area contributed by atoms with E-state index in [0.29, 0.717) is 71.7 Å². The molecule has 3 atom stereocenters. The van der Waals surface area contributed by atoms with E-state index >= 15 is 0 Å². The Morgan fingerprint density at radius 2 is 1.35 bits per heavy atom. The third kappa shape index (κ3) is 7.96. The van der Waals surface area contributed by atoms with Gasteiger partial charge in [0.2, 0.25) is 17.7 Å². The molecule has 2 fully saturated rings. The Bertz CT molecular complexity index is 871. The summed E-state index contributed by atoms with van der Waals surface area (Å²) in [4.78, 5) is 46.1. The Morgan fingerprint density at radius 3 is 1.86 bits per heavy atom. The second kappa shape index (κ2) is 14.4. The van der Waals surface area contributed by atoms with Crippen LogP contribution in [0.3, 0.4) is 0 Å².